The lowest BCUT2D eigenvalue weighted by molar-refractivity contribution is -0.117. The van der Waals surface area contributed by atoms with Gasteiger partial charge in [0.25, 0.3) is 0 Å². The molecule has 172 valence electrons. The fourth-order valence-corrected chi connectivity index (χ4v) is 5.12. The topological polar surface area (TPSA) is 67.4 Å². The standard InChI is InChI=1S/C22H21Cl5N2O3/c1-11(10-32-2)28-9-18(30)16-8-15(3-4-17(16)25)29-21(31)20-19(22(20,26)27)12-5-13(23)7-14(24)6-12/h3-8,11,19-20,28H,9-10H2,1-2H3,(H,29,31). The number of carbonyl (C=O) groups excluding carboxylic acids is 2. The molecule has 2 aromatic carbocycles. The number of halogens is 5. The second kappa shape index (κ2) is 10.5. The van der Waals surface area contributed by atoms with Gasteiger partial charge in [-0.2, -0.15) is 0 Å². The van der Waals surface area contributed by atoms with E-state index in [1.54, 1.807) is 37.4 Å². The van der Waals surface area contributed by atoms with E-state index >= 15 is 0 Å². The fourth-order valence-electron chi connectivity index (χ4n) is 3.53. The summed E-state index contributed by atoms with van der Waals surface area (Å²) < 4.78 is 3.74. The lowest BCUT2D eigenvalue weighted by Gasteiger charge is -2.13. The Morgan fingerprint density at radius 3 is 2.38 bits per heavy atom. The van der Waals surface area contributed by atoms with Crippen molar-refractivity contribution < 1.29 is 14.3 Å². The van der Waals surface area contributed by atoms with Crippen LogP contribution in [0.25, 0.3) is 0 Å². The zero-order valence-corrected chi connectivity index (χ0v) is 21.0. The van der Waals surface area contributed by atoms with Crippen LogP contribution in [-0.4, -0.2) is 42.3 Å². The maximum atomic E-state index is 12.9. The molecule has 2 N–H and O–H groups in total. The van der Waals surface area contributed by atoms with Crippen LogP contribution in [0.5, 0.6) is 0 Å². The normalized spacial score (nSPS) is 20.0. The number of alkyl halides is 2. The summed E-state index contributed by atoms with van der Waals surface area (Å²) in [5, 5.41) is 6.98. The van der Waals surface area contributed by atoms with E-state index in [-0.39, 0.29) is 29.3 Å². The van der Waals surface area contributed by atoms with Crippen LogP contribution in [-0.2, 0) is 9.53 Å². The number of hydrogen-bond acceptors (Lipinski definition) is 4. The van der Waals surface area contributed by atoms with Crippen molar-refractivity contribution in [1.82, 2.24) is 5.32 Å². The van der Waals surface area contributed by atoms with Crippen molar-refractivity contribution in [1.29, 1.82) is 0 Å². The highest BCUT2D eigenvalue weighted by atomic mass is 35.5. The Hall–Kier alpha value is -1.05. The highest BCUT2D eigenvalue weighted by molar-refractivity contribution is 6.53. The first-order chi connectivity index (χ1) is 15.0. The Kier molecular flexibility index (Phi) is 8.37. The van der Waals surface area contributed by atoms with Crippen LogP contribution in [0, 0.1) is 5.92 Å². The first-order valence-corrected chi connectivity index (χ1v) is 11.6. The third-order valence-electron chi connectivity index (χ3n) is 5.14. The van der Waals surface area contributed by atoms with E-state index in [1.165, 1.54) is 6.07 Å². The van der Waals surface area contributed by atoms with E-state index in [4.69, 9.17) is 62.7 Å². The molecule has 10 heteroatoms. The number of rotatable bonds is 9. The van der Waals surface area contributed by atoms with Gasteiger partial charge in [0.2, 0.25) is 5.91 Å². The van der Waals surface area contributed by atoms with Gasteiger partial charge in [0.1, 0.15) is 4.33 Å². The molecule has 2 aromatic rings. The number of hydrogen-bond donors (Lipinski definition) is 2. The fraction of sp³-hybridized carbons (Fsp3) is 0.364. The number of Topliss-reactive ketones (excluding diaryl/α,β-unsaturated/α-hetero) is 1. The molecule has 0 bridgehead atoms. The third-order valence-corrected chi connectivity index (χ3v) is 6.85. The van der Waals surface area contributed by atoms with Crippen molar-refractivity contribution in [3.8, 4) is 0 Å². The highest BCUT2D eigenvalue weighted by Crippen LogP contribution is 2.65. The number of benzene rings is 2. The SMILES string of the molecule is COCC(C)NCC(=O)c1cc(NC(=O)C2C(c3cc(Cl)cc(Cl)c3)C2(Cl)Cl)ccc1Cl. The Labute approximate surface area is 211 Å². The van der Waals surface area contributed by atoms with Gasteiger partial charge in [0, 0.05) is 40.4 Å². The zero-order valence-electron chi connectivity index (χ0n) is 17.2. The molecule has 1 amide bonds. The number of anilines is 1. The minimum absolute atomic E-state index is 0.00188. The molecule has 1 saturated carbocycles. The molecule has 5 nitrogen and oxygen atoms in total. The van der Waals surface area contributed by atoms with Crippen molar-refractivity contribution in [2.75, 3.05) is 25.6 Å². The van der Waals surface area contributed by atoms with E-state index in [2.05, 4.69) is 10.6 Å². The highest BCUT2D eigenvalue weighted by Gasteiger charge is 2.67. The smallest absolute Gasteiger partial charge is 0.231 e. The molecular formula is C22H21Cl5N2O3. The van der Waals surface area contributed by atoms with Crippen LogP contribution in [0.4, 0.5) is 5.69 Å². The zero-order chi connectivity index (χ0) is 23.6. The second-order valence-electron chi connectivity index (χ2n) is 7.68. The van der Waals surface area contributed by atoms with Crippen LogP contribution in [0.1, 0.15) is 28.8 Å². The lowest BCUT2D eigenvalue weighted by atomic mass is 10.1. The largest absolute Gasteiger partial charge is 0.383 e. The monoisotopic (exact) mass is 536 g/mol. The van der Waals surface area contributed by atoms with Crippen LogP contribution in [0.15, 0.2) is 36.4 Å². The molecule has 0 saturated heterocycles. The van der Waals surface area contributed by atoms with Gasteiger partial charge in [-0.05, 0) is 48.9 Å². The third kappa shape index (κ3) is 5.89. The number of ketones is 1. The van der Waals surface area contributed by atoms with Gasteiger partial charge in [-0.15, -0.1) is 23.2 Å². The first kappa shape index (κ1) is 25.6. The van der Waals surface area contributed by atoms with Crippen molar-refractivity contribution >= 4 is 75.4 Å². The van der Waals surface area contributed by atoms with Gasteiger partial charge in [0.15, 0.2) is 5.78 Å². The summed E-state index contributed by atoms with van der Waals surface area (Å²) in [5.74, 6) is -1.78. The molecule has 0 heterocycles. The summed E-state index contributed by atoms with van der Waals surface area (Å²) in [6.07, 6.45) is 0. The molecule has 3 rings (SSSR count). The van der Waals surface area contributed by atoms with Gasteiger partial charge in [-0.1, -0.05) is 34.8 Å². The summed E-state index contributed by atoms with van der Waals surface area (Å²) in [4.78, 5) is 25.5. The minimum atomic E-state index is -1.30. The van der Waals surface area contributed by atoms with E-state index in [1.807, 2.05) is 6.92 Å². The summed E-state index contributed by atoms with van der Waals surface area (Å²) in [6, 6.07) is 9.64. The van der Waals surface area contributed by atoms with Crippen LogP contribution < -0.4 is 10.6 Å². The molecule has 0 aliphatic heterocycles. The van der Waals surface area contributed by atoms with E-state index < -0.39 is 16.2 Å². The predicted molar refractivity (Wildman–Crippen MR) is 131 cm³/mol. The van der Waals surface area contributed by atoms with Crippen molar-refractivity contribution in [2.24, 2.45) is 5.92 Å². The average molecular weight is 539 g/mol. The lowest BCUT2D eigenvalue weighted by Crippen LogP contribution is -2.34. The Balaban J connectivity index is 1.71. The first-order valence-electron chi connectivity index (χ1n) is 9.74. The average Bonchev–Trinajstić information content (AvgIpc) is 3.29. The van der Waals surface area contributed by atoms with Crippen LogP contribution >= 0.6 is 58.0 Å². The molecule has 0 radical (unpaired) electrons. The van der Waals surface area contributed by atoms with Crippen LogP contribution in [0.2, 0.25) is 15.1 Å². The van der Waals surface area contributed by atoms with Crippen molar-refractivity contribution in [3.05, 3.63) is 62.6 Å². The molecule has 3 unspecified atom stereocenters. The molecule has 1 aliphatic carbocycles. The molecule has 1 aliphatic rings. The molecule has 32 heavy (non-hydrogen) atoms. The van der Waals surface area contributed by atoms with Gasteiger partial charge in [-0.3, -0.25) is 9.59 Å². The van der Waals surface area contributed by atoms with E-state index in [0.717, 1.165) is 0 Å². The van der Waals surface area contributed by atoms with E-state index in [0.29, 0.717) is 33.5 Å². The van der Waals surface area contributed by atoms with Crippen molar-refractivity contribution in [3.63, 3.8) is 0 Å². The number of ether oxygens (including phenoxy) is 1. The Bertz CT molecular complexity index is 1010. The second-order valence-corrected chi connectivity index (χ2v) is 10.4. The summed E-state index contributed by atoms with van der Waals surface area (Å²) in [6.45, 7) is 2.45. The summed E-state index contributed by atoms with van der Waals surface area (Å²) in [7, 11) is 1.59. The van der Waals surface area contributed by atoms with Gasteiger partial charge in [0.05, 0.1) is 24.1 Å². The maximum absolute atomic E-state index is 12.9. The van der Waals surface area contributed by atoms with Crippen molar-refractivity contribution in [2.45, 2.75) is 23.2 Å². The molecule has 1 fully saturated rings. The predicted octanol–water partition coefficient (Wildman–Crippen LogP) is 5.98. The number of carbonyl (C=O) groups is 2. The minimum Gasteiger partial charge on any atom is -0.383 e. The molecule has 0 spiro atoms. The van der Waals surface area contributed by atoms with Crippen LogP contribution in [0.3, 0.4) is 0 Å². The Morgan fingerprint density at radius 2 is 1.75 bits per heavy atom. The number of amides is 1. The van der Waals surface area contributed by atoms with E-state index in [9.17, 15) is 9.59 Å². The molecule has 0 aromatic heterocycles. The summed E-state index contributed by atoms with van der Waals surface area (Å²) in [5.41, 5.74) is 1.38. The quantitative estimate of drug-likeness (QED) is 0.305. The summed E-state index contributed by atoms with van der Waals surface area (Å²) >= 11 is 31.1. The Morgan fingerprint density at radius 1 is 1.09 bits per heavy atom. The number of nitrogens with one attached hydrogen (secondary N) is 2. The number of methoxy groups -OCH3 is 1. The van der Waals surface area contributed by atoms with Gasteiger partial charge >= 0.3 is 0 Å². The molecular weight excluding hydrogens is 518 g/mol. The molecule has 3 atom stereocenters. The maximum Gasteiger partial charge on any atom is 0.231 e. The van der Waals surface area contributed by atoms with Gasteiger partial charge < -0.3 is 15.4 Å². The van der Waals surface area contributed by atoms with Gasteiger partial charge in [-0.25, -0.2) is 0 Å².